The number of aromatic nitrogens is 2. The number of amides is 1. The number of benzene rings is 1. The third-order valence-electron chi connectivity index (χ3n) is 2.17. The summed E-state index contributed by atoms with van der Waals surface area (Å²) in [5, 5.41) is 6.24. The van der Waals surface area contributed by atoms with Gasteiger partial charge in [-0.2, -0.15) is 4.98 Å². The lowest BCUT2D eigenvalue weighted by atomic mass is 10.2. The van der Waals surface area contributed by atoms with E-state index in [4.69, 9.17) is 9.26 Å². The fraction of sp³-hybridized carbons (Fsp3) is 0.250. The third kappa shape index (κ3) is 3.31. The fourth-order valence-electron chi connectivity index (χ4n) is 1.30. The monoisotopic (exact) mass is 247 g/mol. The number of hydrogen-bond donors (Lipinski definition) is 1. The Bertz CT molecular complexity index is 534. The van der Waals surface area contributed by atoms with E-state index in [9.17, 15) is 4.79 Å². The van der Waals surface area contributed by atoms with Crippen LogP contribution in [-0.4, -0.2) is 22.7 Å². The normalized spacial score (nSPS) is 10.1. The molecule has 0 saturated heterocycles. The molecule has 6 heteroatoms. The summed E-state index contributed by atoms with van der Waals surface area (Å²) in [6.07, 6.45) is -0.00782. The van der Waals surface area contributed by atoms with Crippen LogP contribution < -0.4 is 10.1 Å². The van der Waals surface area contributed by atoms with Crippen molar-refractivity contribution < 1.29 is 14.1 Å². The first-order valence-electron chi connectivity index (χ1n) is 5.43. The first-order valence-corrected chi connectivity index (χ1v) is 5.43. The van der Waals surface area contributed by atoms with Crippen molar-refractivity contribution in [2.45, 2.75) is 13.8 Å². The van der Waals surface area contributed by atoms with E-state index in [0.29, 0.717) is 5.82 Å². The first kappa shape index (κ1) is 12.1. The van der Waals surface area contributed by atoms with Crippen molar-refractivity contribution in [1.82, 2.24) is 10.1 Å². The molecule has 1 aromatic carbocycles. The number of anilines is 1. The highest BCUT2D eigenvalue weighted by atomic mass is 16.6. The van der Waals surface area contributed by atoms with Crippen LogP contribution in [0.5, 0.6) is 6.08 Å². The lowest BCUT2D eigenvalue weighted by Gasteiger charge is -2.04. The van der Waals surface area contributed by atoms with Crippen LogP contribution in [0.1, 0.15) is 11.4 Å². The minimum absolute atomic E-state index is 0.00782. The Labute approximate surface area is 104 Å². The molecule has 2 rings (SSSR count). The molecule has 0 spiro atoms. The van der Waals surface area contributed by atoms with Crippen molar-refractivity contribution in [3.63, 3.8) is 0 Å². The number of aryl methyl sites for hydroxylation is 2. The molecule has 94 valence electrons. The number of nitrogens with zero attached hydrogens (tertiary/aromatic N) is 2. The Morgan fingerprint density at radius 1 is 1.33 bits per heavy atom. The zero-order chi connectivity index (χ0) is 13.0. The molecule has 1 aromatic heterocycles. The molecular formula is C12H13N3O3. The summed E-state index contributed by atoms with van der Waals surface area (Å²) in [6.45, 7) is 3.48. The maximum Gasteiger partial charge on any atom is 0.417 e. The van der Waals surface area contributed by atoms with Crippen LogP contribution in [0.2, 0.25) is 0 Å². The van der Waals surface area contributed by atoms with Crippen molar-refractivity contribution in [3.8, 4) is 6.08 Å². The number of rotatable bonds is 4. The number of carbonyl (C=O) groups excluding carboxylic acids is 1. The minimum Gasteiger partial charge on any atom is -0.439 e. The van der Waals surface area contributed by atoms with Crippen molar-refractivity contribution in [2.75, 3.05) is 11.9 Å². The fourth-order valence-corrected chi connectivity index (χ4v) is 1.30. The largest absolute Gasteiger partial charge is 0.439 e. The second-order valence-electron chi connectivity index (χ2n) is 3.81. The lowest BCUT2D eigenvalue weighted by molar-refractivity contribution is -0.118. The van der Waals surface area contributed by atoms with Gasteiger partial charge in [0.2, 0.25) is 0 Å². The van der Waals surface area contributed by atoms with Gasteiger partial charge in [0.25, 0.3) is 5.91 Å². The Morgan fingerprint density at radius 2 is 2.06 bits per heavy atom. The van der Waals surface area contributed by atoms with E-state index in [0.717, 1.165) is 11.3 Å². The van der Waals surface area contributed by atoms with Gasteiger partial charge in [-0.3, -0.25) is 9.32 Å². The van der Waals surface area contributed by atoms with Crippen molar-refractivity contribution in [3.05, 3.63) is 35.7 Å². The van der Waals surface area contributed by atoms with Gasteiger partial charge in [-0.05, 0) is 26.0 Å². The summed E-state index contributed by atoms with van der Waals surface area (Å²) in [5.74, 6) is 0.179. The van der Waals surface area contributed by atoms with Crippen LogP contribution in [0.3, 0.4) is 0 Å². The first-order chi connectivity index (χ1) is 8.63. The van der Waals surface area contributed by atoms with E-state index in [2.05, 4.69) is 15.5 Å². The molecule has 0 atom stereocenters. The molecule has 1 N–H and O–H groups in total. The smallest absolute Gasteiger partial charge is 0.417 e. The molecule has 1 heterocycles. The summed E-state index contributed by atoms with van der Waals surface area (Å²) in [5.41, 5.74) is 1.85. The number of hydrogen-bond acceptors (Lipinski definition) is 5. The highest BCUT2D eigenvalue weighted by molar-refractivity contribution is 5.91. The lowest BCUT2D eigenvalue weighted by Crippen LogP contribution is -2.20. The number of nitrogens with one attached hydrogen (secondary N) is 1. The van der Waals surface area contributed by atoms with Crippen LogP contribution >= 0.6 is 0 Å². The third-order valence-corrected chi connectivity index (χ3v) is 2.17. The quantitative estimate of drug-likeness (QED) is 0.889. The average Bonchev–Trinajstić information content (AvgIpc) is 2.76. The predicted octanol–water partition coefficient (Wildman–Crippen LogP) is 1.70. The molecule has 0 aliphatic heterocycles. The topological polar surface area (TPSA) is 77.2 Å². The van der Waals surface area contributed by atoms with Gasteiger partial charge in [0, 0.05) is 5.69 Å². The van der Waals surface area contributed by atoms with Gasteiger partial charge in [-0.1, -0.05) is 22.9 Å². The van der Waals surface area contributed by atoms with E-state index in [1.165, 1.54) is 0 Å². The predicted molar refractivity (Wildman–Crippen MR) is 64.3 cm³/mol. The molecule has 0 radical (unpaired) electrons. The second kappa shape index (κ2) is 5.31. The molecule has 1 amide bonds. The summed E-state index contributed by atoms with van der Waals surface area (Å²) in [7, 11) is 0. The SMILES string of the molecule is Cc1ccc(NC(=O)COc2nc(C)no2)cc1. The molecule has 6 nitrogen and oxygen atoms in total. The molecule has 0 unspecified atom stereocenters. The van der Waals surface area contributed by atoms with Crippen LogP contribution in [0, 0.1) is 13.8 Å². The summed E-state index contributed by atoms with van der Waals surface area (Å²) in [4.78, 5) is 15.4. The summed E-state index contributed by atoms with van der Waals surface area (Å²) < 4.78 is 9.75. The Balaban J connectivity index is 1.83. The van der Waals surface area contributed by atoms with Crippen LogP contribution in [0.25, 0.3) is 0 Å². The van der Waals surface area contributed by atoms with Gasteiger partial charge in [0.05, 0.1) is 0 Å². The highest BCUT2D eigenvalue weighted by Crippen LogP contribution is 2.09. The minimum atomic E-state index is -0.283. The van der Waals surface area contributed by atoms with E-state index >= 15 is 0 Å². The van der Waals surface area contributed by atoms with Gasteiger partial charge >= 0.3 is 6.08 Å². The van der Waals surface area contributed by atoms with Crippen LogP contribution in [-0.2, 0) is 4.79 Å². The van der Waals surface area contributed by atoms with E-state index < -0.39 is 0 Å². The molecule has 0 saturated carbocycles. The Kier molecular flexibility index (Phi) is 3.57. The van der Waals surface area contributed by atoms with Gasteiger partial charge in [0.1, 0.15) is 0 Å². The zero-order valence-corrected chi connectivity index (χ0v) is 10.1. The average molecular weight is 247 g/mol. The van der Waals surface area contributed by atoms with Gasteiger partial charge in [-0.25, -0.2) is 0 Å². The second-order valence-corrected chi connectivity index (χ2v) is 3.81. The zero-order valence-electron chi connectivity index (χ0n) is 10.1. The van der Waals surface area contributed by atoms with Gasteiger partial charge < -0.3 is 10.1 Å². The van der Waals surface area contributed by atoms with Gasteiger partial charge in [-0.15, -0.1) is 0 Å². The molecule has 0 aliphatic carbocycles. The van der Waals surface area contributed by atoms with Crippen molar-refractivity contribution in [1.29, 1.82) is 0 Å². The molecule has 18 heavy (non-hydrogen) atoms. The highest BCUT2D eigenvalue weighted by Gasteiger charge is 2.07. The maximum absolute atomic E-state index is 11.6. The van der Waals surface area contributed by atoms with E-state index in [1.807, 2.05) is 31.2 Å². The molecule has 0 bridgehead atoms. The maximum atomic E-state index is 11.6. The van der Waals surface area contributed by atoms with E-state index in [-0.39, 0.29) is 18.6 Å². The van der Waals surface area contributed by atoms with Crippen molar-refractivity contribution >= 4 is 11.6 Å². The van der Waals surface area contributed by atoms with E-state index in [1.54, 1.807) is 6.92 Å². The number of carbonyl (C=O) groups is 1. The van der Waals surface area contributed by atoms with Crippen molar-refractivity contribution in [2.24, 2.45) is 0 Å². The van der Waals surface area contributed by atoms with Gasteiger partial charge in [0.15, 0.2) is 12.4 Å². The number of ether oxygens (including phenoxy) is 1. The molecular weight excluding hydrogens is 234 g/mol. The van der Waals surface area contributed by atoms with Crippen LogP contribution in [0.15, 0.2) is 28.8 Å². The molecule has 0 fully saturated rings. The standard InChI is InChI=1S/C12H13N3O3/c1-8-3-5-10(6-4-8)14-11(16)7-17-12-13-9(2)15-18-12/h3-6H,7H2,1-2H3,(H,14,16). The Morgan fingerprint density at radius 3 is 2.67 bits per heavy atom. The Hall–Kier alpha value is -2.37. The summed E-state index contributed by atoms with van der Waals surface area (Å²) in [6, 6.07) is 7.48. The molecule has 0 aliphatic rings. The molecule has 2 aromatic rings. The summed E-state index contributed by atoms with van der Waals surface area (Å²) >= 11 is 0. The van der Waals surface area contributed by atoms with Crippen LogP contribution in [0.4, 0.5) is 5.69 Å².